The van der Waals surface area contributed by atoms with Crippen molar-refractivity contribution in [1.29, 1.82) is 0 Å². The first-order valence-electron chi connectivity index (χ1n) is 10.8. The highest BCUT2D eigenvalue weighted by Gasteiger charge is 2.29. The Morgan fingerprint density at radius 2 is 1.00 bits per heavy atom. The van der Waals surface area contributed by atoms with Gasteiger partial charge in [-0.1, -0.05) is 110 Å². The smallest absolute Gasteiger partial charge is 0.309 e. The van der Waals surface area contributed by atoms with Crippen LogP contribution in [-0.2, 0) is 4.79 Å². The summed E-state index contributed by atoms with van der Waals surface area (Å²) < 4.78 is 0. The summed E-state index contributed by atoms with van der Waals surface area (Å²) in [5.74, 6) is -0.629. The third kappa shape index (κ3) is 12.8. The Morgan fingerprint density at radius 3 is 1.29 bits per heavy atom. The zero-order chi connectivity index (χ0) is 18.1. The van der Waals surface area contributed by atoms with E-state index >= 15 is 0 Å². The molecule has 2 heteroatoms. The molecule has 2 nitrogen and oxygen atoms in total. The van der Waals surface area contributed by atoms with Crippen LogP contribution in [0.25, 0.3) is 0 Å². The summed E-state index contributed by atoms with van der Waals surface area (Å²) in [6.45, 7) is 6.15. The van der Waals surface area contributed by atoms with Gasteiger partial charge in [0, 0.05) is 0 Å². The van der Waals surface area contributed by atoms with Crippen LogP contribution in [0.4, 0.5) is 0 Å². The molecule has 0 aliphatic carbocycles. The third-order valence-corrected chi connectivity index (χ3v) is 5.63. The molecule has 0 aromatic carbocycles. The molecule has 0 saturated heterocycles. The molecule has 1 N–H and O–H groups in total. The lowest BCUT2D eigenvalue weighted by Crippen LogP contribution is -2.26. The second-order valence-corrected chi connectivity index (χ2v) is 7.92. The SMILES string of the molecule is CCCCCCCCCCCCCCCCCC(C)(CC)C(=O)O. The lowest BCUT2D eigenvalue weighted by molar-refractivity contribution is -0.148. The summed E-state index contributed by atoms with van der Waals surface area (Å²) in [6.07, 6.45) is 21.9. The van der Waals surface area contributed by atoms with Gasteiger partial charge in [0.25, 0.3) is 0 Å². The van der Waals surface area contributed by atoms with Crippen LogP contribution in [0.1, 0.15) is 130 Å². The molecule has 24 heavy (non-hydrogen) atoms. The number of hydrogen-bond acceptors (Lipinski definition) is 1. The van der Waals surface area contributed by atoms with Gasteiger partial charge in [0.15, 0.2) is 0 Å². The summed E-state index contributed by atoms with van der Waals surface area (Å²) in [5, 5.41) is 9.25. The summed E-state index contributed by atoms with van der Waals surface area (Å²) in [5.41, 5.74) is -0.503. The molecular formula is C22H44O2. The lowest BCUT2D eigenvalue weighted by atomic mass is 9.82. The van der Waals surface area contributed by atoms with Crippen LogP contribution in [0.3, 0.4) is 0 Å². The monoisotopic (exact) mass is 340 g/mol. The second-order valence-electron chi connectivity index (χ2n) is 7.92. The van der Waals surface area contributed by atoms with Gasteiger partial charge in [-0.2, -0.15) is 0 Å². The maximum absolute atomic E-state index is 11.2. The predicted octanol–water partition coefficient (Wildman–Crippen LogP) is 7.75. The number of unbranched alkanes of at least 4 members (excludes halogenated alkanes) is 14. The first-order valence-corrected chi connectivity index (χ1v) is 10.8. The minimum atomic E-state index is -0.629. The fraction of sp³-hybridized carbons (Fsp3) is 0.955. The number of carboxylic acid groups (broad SMARTS) is 1. The molecule has 0 aliphatic rings. The number of carbonyl (C=O) groups is 1. The summed E-state index contributed by atoms with van der Waals surface area (Å²) in [7, 11) is 0. The van der Waals surface area contributed by atoms with Crippen molar-refractivity contribution in [3.05, 3.63) is 0 Å². The van der Waals surface area contributed by atoms with E-state index in [9.17, 15) is 9.90 Å². The standard InChI is InChI=1S/C22H44O2/c1-4-6-7-8-9-10-11-12-13-14-15-16-17-18-19-20-22(3,5-2)21(23)24/h4-20H2,1-3H3,(H,23,24). The van der Waals surface area contributed by atoms with Crippen LogP contribution in [0.5, 0.6) is 0 Å². The van der Waals surface area contributed by atoms with E-state index in [1.54, 1.807) is 0 Å². The van der Waals surface area contributed by atoms with Crippen molar-refractivity contribution in [2.75, 3.05) is 0 Å². The van der Waals surface area contributed by atoms with E-state index in [4.69, 9.17) is 0 Å². The Balaban J connectivity index is 3.24. The van der Waals surface area contributed by atoms with Crippen molar-refractivity contribution in [1.82, 2.24) is 0 Å². The van der Waals surface area contributed by atoms with Crippen LogP contribution >= 0.6 is 0 Å². The van der Waals surface area contributed by atoms with Crippen molar-refractivity contribution in [3.8, 4) is 0 Å². The molecule has 0 radical (unpaired) electrons. The second kappa shape index (κ2) is 16.0. The lowest BCUT2D eigenvalue weighted by Gasteiger charge is -2.22. The van der Waals surface area contributed by atoms with E-state index in [1.165, 1.54) is 89.9 Å². The van der Waals surface area contributed by atoms with Crippen LogP contribution in [0, 0.1) is 5.41 Å². The molecule has 0 fully saturated rings. The molecule has 0 spiro atoms. The van der Waals surface area contributed by atoms with Crippen LogP contribution in [0.15, 0.2) is 0 Å². The van der Waals surface area contributed by atoms with Gasteiger partial charge < -0.3 is 5.11 Å². The molecule has 0 saturated carbocycles. The van der Waals surface area contributed by atoms with Crippen LogP contribution in [0.2, 0.25) is 0 Å². The third-order valence-electron chi connectivity index (χ3n) is 5.63. The summed E-state index contributed by atoms with van der Waals surface area (Å²) >= 11 is 0. The first-order chi connectivity index (χ1) is 11.6. The Hall–Kier alpha value is -0.530. The van der Waals surface area contributed by atoms with Crippen molar-refractivity contribution in [2.45, 2.75) is 130 Å². The van der Waals surface area contributed by atoms with Gasteiger partial charge in [0.05, 0.1) is 5.41 Å². The van der Waals surface area contributed by atoms with Crippen molar-refractivity contribution in [2.24, 2.45) is 5.41 Å². The quantitative estimate of drug-likeness (QED) is 0.259. The van der Waals surface area contributed by atoms with E-state index in [1.807, 2.05) is 13.8 Å². The number of aliphatic carboxylic acids is 1. The first kappa shape index (κ1) is 23.5. The molecule has 0 rings (SSSR count). The van der Waals surface area contributed by atoms with Gasteiger partial charge in [-0.15, -0.1) is 0 Å². The highest BCUT2D eigenvalue weighted by atomic mass is 16.4. The summed E-state index contributed by atoms with van der Waals surface area (Å²) in [4.78, 5) is 11.2. The van der Waals surface area contributed by atoms with Crippen molar-refractivity contribution in [3.63, 3.8) is 0 Å². The Kier molecular flexibility index (Phi) is 15.6. The van der Waals surface area contributed by atoms with Crippen molar-refractivity contribution >= 4 is 5.97 Å². The van der Waals surface area contributed by atoms with Crippen LogP contribution < -0.4 is 0 Å². The van der Waals surface area contributed by atoms with Gasteiger partial charge >= 0.3 is 5.97 Å². The zero-order valence-electron chi connectivity index (χ0n) is 16.9. The molecule has 0 aliphatic heterocycles. The molecule has 0 bridgehead atoms. The van der Waals surface area contributed by atoms with E-state index in [0.29, 0.717) is 0 Å². The fourth-order valence-electron chi connectivity index (χ4n) is 3.32. The Morgan fingerprint density at radius 1 is 0.667 bits per heavy atom. The van der Waals surface area contributed by atoms with Gasteiger partial charge in [-0.05, 0) is 19.8 Å². The molecule has 144 valence electrons. The fourth-order valence-corrected chi connectivity index (χ4v) is 3.32. The predicted molar refractivity (Wildman–Crippen MR) is 106 cm³/mol. The van der Waals surface area contributed by atoms with E-state index in [2.05, 4.69) is 6.92 Å². The topological polar surface area (TPSA) is 37.3 Å². The molecular weight excluding hydrogens is 296 g/mol. The average molecular weight is 341 g/mol. The number of carboxylic acids is 1. The molecule has 0 aromatic heterocycles. The van der Waals surface area contributed by atoms with Gasteiger partial charge in [-0.25, -0.2) is 0 Å². The van der Waals surface area contributed by atoms with Gasteiger partial charge in [0.1, 0.15) is 0 Å². The molecule has 0 aromatic rings. The largest absolute Gasteiger partial charge is 0.481 e. The zero-order valence-corrected chi connectivity index (χ0v) is 16.9. The highest BCUT2D eigenvalue weighted by molar-refractivity contribution is 5.73. The van der Waals surface area contributed by atoms with E-state index < -0.39 is 11.4 Å². The highest BCUT2D eigenvalue weighted by Crippen LogP contribution is 2.28. The van der Waals surface area contributed by atoms with E-state index in [-0.39, 0.29) is 0 Å². The normalized spacial score (nSPS) is 13.8. The van der Waals surface area contributed by atoms with E-state index in [0.717, 1.165) is 19.3 Å². The number of rotatable bonds is 18. The molecule has 1 unspecified atom stereocenters. The molecule has 0 amide bonds. The maximum atomic E-state index is 11.2. The van der Waals surface area contributed by atoms with Gasteiger partial charge in [-0.3, -0.25) is 4.79 Å². The Bertz CT molecular complexity index is 288. The van der Waals surface area contributed by atoms with Gasteiger partial charge in [0.2, 0.25) is 0 Å². The minimum Gasteiger partial charge on any atom is -0.481 e. The van der Waals surface area contributed by atoms with Crippen molar-refractivity contribution < 1.29 is 9.90 Å². The average Bonchev–Trinajstić information content (AvgIpc) is 2.57. The molecule has 1 atom stereocenters. The molecule has 0 heterocycles. The number of hydrogen-bond donors (Lipinski definition) is 1. The maximum Gasteiger partial charge on any atom is 0.309 e. The Labute approximate surface area is 151 Å². The van der Waals surface area contributed by atoms with Crippen LogP contribution in [-0.4, -0.2) is 11.1 Å². The summed E-state index contributed by atoms with van der Waals surface area (Å²) in [6, 6.07) is 0. The minimum absolute atomic E-state index is 0.503.